The minimum Gasteiger partial charge on any atom is -0.388 e. The molecule has 0 unspecified atom stereocenters. The molecule has 3 rings (SSSR count). The maximum absolute atomic E-state index is 12.4. The van der Waals surface area contributed by atoms with Crippen LogP contribution in [-0.2, 0) is 11.8 Å². The third-order valence-electron chi connectivity index (χ3n) is 4.79. The van der Waals surface area contributed by atoms with Gasteiger partial charge in [-0.3, -0.25) is 14.4 Å². The van der Waals surface area contributed by atoms with Crippen LogP contribution in [0, 0.1) is 6.92 Å². The lowest BCUT2D eigenvalue weighted by Crippen LogP contribution is -2.37. The molecule has 1 aromatic heterocycles. The number of anilines is 1. The topological polar surface area (TPSA) is 70.4 Å². The molecule has 134 valence electrons. The first-order valence-corrected chi connectivity index (χ1v) is 8.80. The largest absolute Gasteiger partial charge is 0.388 e. The Kier molecular flexibility index (Phi) is 5.50. The van der Waals surface area contributed by atoms with E-state index in [1.807, 2.05) is 50.4 Å². The van der Waals surface area contributed by atoms with Crippen LogP contribution in [0.3, 0.4) is 0 Å². The van der Waals surface area contributed by atoms with Crippen molar-refractivity contribution in [2.75, 3.05) is 18.4 Å². The fourth-order valence-corrected chi connectivity index (χ4v) is 3.53. The van der Waals surface area contributed by atoms with Crippen LogP contribution in [-0.4, -0.2) is 44.8 Å². The Morgan fingerprint density at radius 2 is 2.16 bits per heavy atom. The van der Waals surface area contributed by atoms with Crippen molar-refractivity contribution in [3.05, 3.63) is 47.7 Å². The van der Waals surface area contributed by atoms with E-state index in [1.54, 1.807) is 4.68 Å². The summed E-state index contributed by atoms with van der Waals surface area (Å²) in [6.45, 7) is 3.14. The van der Waals surface area contributed by atoms with Crippen molar-refractivity contribution in [2.45, 2.75) is 38.3 Å². The molecule has 1 aliphatic heterocycles. The van der Waals surface area contributed by atoms with E-state index in [9.17, 15) is 9.90 Å². The Morgan fingerprint density at radius 1 is 1.40 bits per heavy atom. The van der Waals surface area contributed by atoms with Crippen molar-refractivity contribution in [3.63, 3.8) is 0 Å². The molecule has 2 atom stereocenters. The Morgan fingerprint density at radius 3 is 2.84 bits per heavy atom. The van der Waals surface area contributed by atoms with Gasteiger partial charge in [-0.05, 0) is 38.3 Å². The van der Waals surface area contributed by atoms with E-state index in [4.69, 9.17) is 0 Å². The summed E-state index contributed by atoms with van der Waals surface area (Å²) in [6, 6.07) is 11.8. The van der Waals surface area contributed by atoms with E-state index in [2.05, 4.69) is 15.3 Å². The highest BCUT2D eigenvalue weighted by molar-refractivity contribution is 5.91. The number of benzene rings is 1. The number of aliphatic hydroxyl groups is 1. The Bertz CT molecular complexity index is 713. The molecule has 1 fully saturated rings. The van der Waals surface area contributed by atoms with E-state index in [-0.39, 0.29) is 11.9 Å². The van der Waals surface area contributed by atoms with Gasteiger partial charge in [0.25, 0.3) is 0 Å². The van der Waals surface area contributed by atoms with Gasteiger partial charge in [-0.1, -0.05) is 30.3 Å². The number of nitrogens with zero attached hydrogens (tertiary/aromatic N) is 3. The lowest BCUT2D eigenvalue weighted by Gasteiger charge is -2.26. The molecule has 2 heterocycles. The Hall–Kier alpha value is -2.18. The molecule has 1 saturated heterocycles. The summed E-state index contributed by atoms with van der Waals surface area (Å²) < 4.78 is 1.67. The molecule has 6 nitrogen and oxygen atoms in total. The van der Waals surface area contributed by atoms with Gasteiger partial charge < -0.3 is 10.4 Å². The van der Waals surface area contributed by atoms with Crippen LogP contribution in [0.5, 0.6) is 0 Å². The molecule has 0 radical (unpaired) electrons. The van der Waals surface area contributed by atoms with Gasteiger partial charge in [0.2, 0.25) is 5.91 Å². The molecular formula is C19H26N4O2. The molecule has 0 spiro atoms. The number of amides is 1. The van der Waals surface area contributed by atoms with Crippen LogP contribution < -0.4 is 5.32 Å². The van der Waals surface area contributed by atoms with E-state index < -0.39 is 6.10 Å². The van der Waals surface area contributed by atoms with Crippen molar-refractivity contribution in [2.24, 2.45) is 7.05 Å². The van der Waals surface area contributed by atoms with Crippen LogP contribution in [0.25, 0.3) is 0 Å². The van der Waals surface area contributed by atoms with Crippen LogP contribution >= 0.6 is 0 Å². The average Bonchev–Trinajstić information content (AvgIpc) is 3.14. The Labute approximate surface area is 148 Å². The maximum Gasteiger partial charge on any atom is 0.239 e. The van der Waals surface area contributed by atoms with Gasteiger partial charge in [-0.2, -0.15) is 5.10 Å². The quantitative estimate of drug-likeness (QED) is 0.845. The second kappa shape index (κ2) is 7.80. The summed E-state index contributed by atoms with van der Waals surface area (Å²) in [5, 5.41) is 17.6. The first kappa shape index (κ1) is 17.6. The summed E-state index contributed by atoms with van der Waals surface area (Å²) in [6.07, 6.45) is 2.24. The smallest absolute Gasteiger partial charge is 0.239 e. The predicted molar refractivity (Wildman–Crippen MR) is 97.2 cm³/mol. The minimum atomic E-state index is -0.491. The van der Waals surface area contributed by atoms with Crippen LogP contribution in [0.1, 0.15) is 36.6 Å². The standard InChI is InChI=1S/C19H26N4O2/c1-14-11-18(22(2)21-14)20-19(25)13-23-10-6-9-16(23)12-17(24)15-7-4-3-5-8-15/h3-5,7-8,11,16-17,24H,6,9-10,12-13H2,1-2H3,(H,20,25)/t16-,17-/m0/s1. The highest BCUT2D eigenvalue weighted by Gasteiger charge is 2.28. The van der Waals surface area contributed by atoms with Crippen LogP contribution in [0.4, 0.5) is 5.82 Å². The fourth-order valence-electron chi connectivity index (χ4n) is 3.53. The van der Waals surface area contributed by atoms with E-state index >= 15 is 0 Å². The molecule has 1 amide bonds. The molecule has 2 N–H and O–H groups in total. The molecule has 1 aromatic carbocycles. The van der Waals surface area contributed by atoms with E-state index in [1.165, 1.54) is 0 Å². The second-order valence-corrected chi connectivity index (χ2v) is 6.77. The summed E-state index contributed by atoms with van der Waals surface area (Å²) in [4.78, 5) is 14.5. The van der Waals surface area contributed by atoms with E-state index in [0.717, 1.165) is 30.6 Å². The lowest BCUT2D eigenvalue weighted by molar-refractivity contribution is -0.117. The summed E-state index contributed by atoms with van der Waals surface area (Å²) in [7, 11) is 1.82. The number of hydrogen-bond donors (Lipinski definition) is 2. The average molecular weight is 342 g/mol. The summed E-state index contributed by atoms with van der Waals surface area (Å²) in [5.41, 5.74) is 1.81. The highest BCUT2D eigenvalue weighted by atomic mass is 16.3. The minimum absolute atomic E-state index is 0.0379. The summed E-state index contributed by atoms with van der Waals surface area (Å²) >= 11 is 0. The van der Waals surface area contributed by atoms with Gasteiger partial charge in [0.05, 0.1) is 18.3 Å². The molecular weight excluding hydrogens is 316 g/mol. The number of aryl methyl sites for hydroxylation is 2. The molecule has 0 saturated carbocycles. The number of carbonyl (C=O) groups is 1. The normalized spacial score (nSPS) is 19.1. The number of likely N-dealkylation sites (tertiary alicyclic amines) is 1. The van der Waals surface area contributed by atoms with Crippen LogP contribution in [0.15, 0.2) is 36.4 Å². The number of aliphatic hydroxyl groups excluding tert-OH is 1. The van der Waals surface area contributed by atoms with Gasteiger partial charge in [0.15, 0.2) is 0 Å². The number of hydrogen-bond acceptors (Lipinski definition) is 4. The highest BCUT2D eigenvalue weighted by Crippen LogP contribution is 2.27. The molecule has 1 aliphatic rings. The van der Waals surface area contributed by atoms with Crippen LogP contribution in [0.2, 0.25) is 0 Å². The number of carbonyl (C=O) groups excluding carboxylic acids is 1. The third kappa shape index (κ3) is 4.46. The van der Waals surface area contributed by atoms with Crippen molar-refractivity contribution >= 4 is 11.7 Å². The number of nitrogens with one attached hydrogen (secondary N) is 1. The van der Waals surface area contributed by atoms with Crippen molar-refractivity contribution < 1.29 is 9.90 Å². The maximum atomic E-state index is 12.4. The molecule has 25 heavy (non-hydrogen) atoms. The van der Waals surface area contributed by atoms with Gasteiger partial charge >= 0.3 is 0 Å². The van der Waals surface area contributed by atoms with Crippen molar-refractivity contribution in [1.29, 1.82) is 0 Å². The lowest BCUT2D eigenvalue weighted by atomic mass is 10.0. The van der Waals surface area contributed by atoms with Gasteiger partial charge in [0.1, 0.15) is 5.82 Å². The first-order chi connectivity index (χ1) is 12.0. The number of aromatic nitrogens is 2. The first-order valence-electron chi connectivity index (χ1n) is 8.80. The monoisotopic (exact) mass is 342 g/mol. The van der Waals surface area contributed by atoms with Crippen molar-refractivity contribution in [1.82, 2.24) is 14.7 Å². The van der Waals surface area contributed by atoms with E-state index in [0.29, 0.717) is 18.8 Å². The fraction of sp³-hybridized carbons (Fsp3) is 0.474. The molecule has 0 aliphatic carbocycles. The third-order valence-corrected chi connectivity index (χ3v) is 4.79. The predicted octanol–water partition coefficient (Wildman–Crippen LogP) is 2.26. The van der Waals surface area contributed by atoms with Gasteiger partial charge in [0, 0.05) is 19.2 Å². The zero-order valence-corrected chi connectivity index (χ0v) is 14.9. The molecule has 2 aromatic rings. The molecule has 6 heteroatoms. The second-order valence-electron chi connectivity index (χ2n) is 6.77. The summed E-state index contributed by atoms with van der Waals surface area (Å²) in [5.74, 6) is 0.673. The Balaban J connectivity index is 1.56. The van der Waals surface area contributed by atoms with Gasteiger partial charge in [-0.25, -0.2) is 0 Å². The van der Waals surface area contributed by atoms with Crippen molar-refractivity contribution in [3.8, 4) is 0 Å². The number of rotatable bonds is 6. The zero-order chi connectivity index (χ0) is 17.8. The van der Waals surface area contributed by atoms with Gasteiger partial charge in [-0.15, -0.1) is 0 Å². The molecule has 0 bridgehead atoms. The zero-order valence-electron chi connectivity index (χ0n) is 14.9. The SMILES string of the molecule is Cc1cc(NC(=O)CN2CCC[C@H]2C[C@H](O)c2ccccc2)n(C)n1.